The number of carbonyl (C=O) groups excluding carboxylic acids is 1. The normalized spacial score (nSPS) is 24.4. The van der Waals surface area contributed by atoms with Crippen LogP contribution >= 0.6 is 11.3 Å². The van der Waals surface area contributed by atoms with Crippen molar-refractivity contribution in [3.05, 3.63) is 11.1 Å². The second-order valence-electron chi connectivity index (χ2n) is 4.77. The molecule has 1 aromatic rings. The number of anilines is 1. The molecular weight excluding hydrogens is 266 g/mol. The van der Waals surface area contributed by atoms with E-state index in [4.69, 9.17) is 4.74 Å². The minimum absolute atomic E-state index is 0.0368. The summed E-state index contributed by atoms with van der Waals surface area (Å²) in [5.74, 6) is -0.110. The van der Waals surface area contributed by atoms with Crippen LogP contribution in [0.15, 0.2) is 5.38 Å². The Hall–Kier alpha value is -1.02. The number of nitrogens with one attached hydrogen (secondary N) is 1. The fraction of sp³-hybridized carbons (Fsp3) is 0.667. The van der Waals surface area contributed by atoms with Crippen LogP contribution in [-0.2, 0) is 16.1 Å². The molecule has 1 saturated heterocycles. The lowest BCUT2D eigenvalue weighted by atomic mass is 10.2. The van der Waals surface area contributed by atoms with Crippen molar-refractivity contribution in [2.45, 2.75) is 32.6 Å². The summed E-state index contributed by atoms with van der Waals surface area (Å²) in [7, 11) is 0. The van der Waals surface area contributed by atoms with Gasteiger partial charge in [-0.25, -0.2) is 4.98 Å². The van der Waals surface area contributed by atoms with Gasteiger partial charge < -0.3 is 15.2 Å². The van der Waals surface area contributed by atoms with Gasteiger partial charge in [-0.15, -0.1) is 11.3 Å². The predicted molar refractivity (Wildman–Crippen MR) is 73.1 cm³/mol. The Morgan fingerprint density at radius 3 is 3.16 bits per heavy atom. The molecule has 1 fully saturated rings. The number of rotatable bonds is 4. The van der Waals surface area contributed by atoms with Gasteiger partial charge >= 0.3 is 0 Å². The monoisotopic (exact) mass is 285 g/mol. The summed E-state index contributed by atoms with van der Waals surface area (Å²) in [6.45, 7) is 5.74. The number of ether oxygens (including phenoxy) is 1. The Morgan fingerprint density at radius 1 is 1.68 bits per heavy atom. The van der Waals surface area contributed by atoms with Crippen molar-refractivity contribution in [2.24, 2.45) is 0 Å². The quantitative estimate of drug-likeness (QED) is 0.851. The standard InChI is InChI=1S/C12H19N3O3S/c1-8-3-15(5-11(6-16)18-8)4-10-7-19-12(14-10)13-9(2)17/h7-8,11,16H,3-6H2,1-2H3,(H,13,14,17). The third-order valence-corrected chi connectivity index (χ3v) is 3.63. The molecule has 0 radical (unpaired) electrons. The zero-order valence-electron chi connectivity index (χ0n) is 11.1. The number of aromatic nitrogens is 1. The maximum atomic E-state index is 10.9. The van der Waals surface area contributed by atoms with Gasteiger partial charge in [-0.05, 0) is 6.92 Å². The van der Waals surface area contributed by atoms with E-state index in [1.807, 2.05) is 12.3 Å². The first kappa shape index (κ1) is 14.4. The summed E-state index contributed by atoms with van der Waals surface area (Å²) in [6.07, 6.45) is -0.0171. The average Bonchev–Trinajstić information content (AvgIpc) is 2.74. The zero-order chi connectivity index (χ0) is 13.8. The number of nitrogens with zero attached hydrogens (tertiary/aromatic N) is 2. The molecule has 2 N–H and O–H groups in total. The molecule has 0 aliphatic carbocycles. The molecule has 0 aromatic carbocycles. The molecule has 6 nitrogen and oxygen atoms in total. The van der Waals surface area contributed by atoms with Crippen LogP contribution < -0.4 is 5.32 Å². The number of hydrogen-bond acceptors (Lipinski definition) is 6. The number of aliphatic hydroxyl groups is 1. The summed E-state index contributed by atoms with van der Waals surface area (Å²) in [5.41, 5.74) is 0.930. The Morgan fingerprint density at radius 2 is 2.47 bits per heavy atom. The van der Waals surface area contributed by atoms with Crippen molar-refractivity contribution < 1.29 is 14.6 Å². The first-order valence-electron chi connectivity index (χ1n) is 6.27. The molecule has 2 heterocycles. The van der Waals surface area contributed by atoms with E-state index < -0.39 is 0 Å². The topological polar surface area (TPSA) is 74.7 Å². The highest BCUT2D eigenvalue weighted by atomic mass is 32.1. The molecule has 1 aliphatic rings. The van der Waals surface area contributed by atoms with Crippen molar-refractivity contribution in [2.75, 3.05) is 25.0 Å². The second kappa shape index (κ2) is 6.42. The third kappa shape index (κ3) is 4.24. The highest BCUT2D eigenvalue weighted by Crippen LogP contribution is 2.19. The van der Waals surface area contributed by atoms with Gasteiger partial charge in [0, 0.05) is 31.9 Å². The Balaban J connectivity index is 1.92. The Bertz CT molecular complexity index is 438. The zero-order valence-corrected chi connectivity index (χ0v) is 11.9. The third-order valence-electron chi connectivity index (χ3n) is 2.83. The summed E-state index contributed by atoms with van der Waals surface area (Å²) < 4.78 is 5.59. The molecule has 19 heavy (non-hydrogen) atoms. The fourth-order valence-electron chi connectivity index (χ4n) is 2.19. The van der Waals surface area contributed by atoms with E-state index in [1.165, 1.54) is 18.3 Å². The molecule has 0 spiro atoms. The van der Waals surface area contributed by atoms with E-state index in [0.29, 0.717) is 18.2 Å². The molecule has 1 aliphatic heterocycles. The summed E-state index contributed by atoms with van der Waals surface area (Å²) in [6, 6.07) is 0. The maximum Gasteiger partial charge on any atom is 0.223 e. The second-order valence-corrected chi connectivity index (χ2v) is 5.63. The van der Waals surface area contributed by atoms with Crippen LogP contribution in [0.1, 0.15) is 19.5 Å². The van der Waals surface area contributed by atoms with Crippen molar-refractivity contribution in [1.82, 2.24) is 9.88 Å². The van der Waals surface area contributed by atoms with Crippen molar-refractivity contribution in [1.29, 1.82) is 0 Å². The molecule has 2 rings (SSSR count). The van der Waals surface area contributed by atoms with E-state index >= 15 is 0 Å². The SMILES string of the molecule is CC(=O)Nc1nc(CN2CC(C)OC(CO)C2)cs1. The van der Waals surface area contributed by atoms with Crippen LogP contribution in [0.3, 0.4) is 0 Å². The van der Waals surface area contributed by atoms with Crippen LogP contribution in [0.2, 0.25) is 0 Å². The number of amides is 1. The van der Waals surface area contributed by atoms with E-state index in [2.05, 4.69) is 15.2 Å². The minimum Gasteiger partial charge on any atom is -0.394 e. The van der Waals surface area contributed by atoms with Gasteiger partial charge in [0.2, 0.25) is 5.91 Å². The summed E-state index contributed by atoms with van der Waals surface area (Å²) >= 11 is 1.42. The van der Waals surface area contributed by atoms with Crippen LogP contribution in [0.25, 0.3) is 0 Å². The van der Waals surface area contributed by atoms with Gasteiger partial charge in [0.1, 0.15) is 0 Å². The van der Waals surface area contributed by atoms with E-state index in [0.717, 1.165) is 12.2 Å². The van der Waals surface area contributed by atoms with E-state index in [1.54, 1.807) is 0 Å². The van der Waals surface area contributed by atoms with E-state index in [-0.39, 0.29) is 24.7 Å². The fourth-order valence-corrected chi connectivity index (χ4v) is 2.93. The molecular formula is C12H19N3O3S. The molecule has 106 valence electrons. The van der Waals surface area contributed by atoms with E-state index in [9.17, 15) is 9.90 Å². The lowest BCUT2D eigenvalue weighted by Gasteiger charge is -2.35. The van der Waals surface area contributed by atoms with Crippen LogP contribution in [-0.4, -0.2) is 52.8 Å². The first-order valence-corrected chi connectivity index (χ1v) is 7.15. The molecule has 2 unspecified atom stereocenters. The van der Waals surface area contributed by atoms with Gasteiger partial charge in [-0.3, -0.25) is 9.69 Å². The number of thiazole rings is 1. The summed E-state index contributed by atoms with van der Waals surface area (Å²) in [5, 5.41) is 14.4. The first-order chi connectivity index (χ1) is 9.06. The highest BCUT2D eigenvalue weighted by Gasteiger charge is 2.25. The maximum absolute atomic E-state index is 10.9. The number of morpholine rings is 1. The van der Waals surface area contributed by atoms with Gasteiger partial charge in [0.15, 0.2) is 5.13 Å². The molecule has 2 atom stereocenters. The largest absolute Gasteiger partial charge is 0.394 e. The summed E-state index contributed by atoms with van der Waals surface area (Å²) in [4.78, 5) is 17.5. The Labute approximate surface area is 116 Å². The predicted octanol–water partition coefficient (Wildman–Crippen LogP) is 0.683. The minimum atomic E-state index is -0.128. The van der Waals surface area contributed by atoms with Crippen LogP contribution in [0.4, 0.5) is 5.13 Å². The lowest BCUT2D eigenvalue weighted by molar-refractivity contribution is -0.114. The van der Waals surface area contributed by atoms with Gasteiger partial charge in [-0.1, -0.05) is 0 Å². The van der Waals surface area contributed by atoms with Gasteiger partial charge in [0.05, 0.1) is 24.5 Å². The number of aliphatic hydroxyl groups excluding tert-OH is 1. The molecule has 1 amide bonds. The van der Waals surface area contributed by atoms with Crippen molar-refractivity contribution >= 4 is 22.4 Å². The Kier molecular flexibility index (Phi) is 4.87. The highest BCUT2D eigenvalue weighted by molar-refractivity contribution is 7.13. The smallest absolute Gasteiger partial charge is 0.223 e. The van der Waals surface area contributed by atoms with Crippen LogP contribution in [0, 0.1) is 0 Å². The van der Waals surface area contributed by atoms with Crippen LogP contribution in [0.5, 0.6) is 0 Å². The molecule has 7 heteroatoms. The average molecular weight is 285 g/mol. The van der Waals surface area contributed by atoms with Crippen molar-refractivity contribution in [3.8, 4) is 0 Å². The molecule has 1 aromatic heterocycles. The molecule has 0 bridgehead atoms. The molecule has 0 saturated carbocycles. The van der Waals surface area contributed by atoms with Gasteiger partial charge in [-0.2, -0.15) is 0 Å². The lowest BCUT2D eigenvalue weighted by Crippen LogP contribution is -2.47. The number of carbonyl (C=O) groups is 1. The van der Waals surface area contributed by atoms with Gasteiger partial charge in [0.25, 0.3) is 0 Å². The van der Waals surface area contributed by atoms with Crippen molar-refractivity contribution in [3.63, 3.8) is 0 Å². The number of hydrogen-bond donors (Lipinski definition) is 2.